The molecule has 0 saturated carbocycles. The molecule has 0 amide bonds. The van der Waals surface area contributed by atoms with Crippen LogP contribution in [0.3, 0.4) is 0 Å². The molecule has 0 aliphatic heterocycles. The SMILES string of the molecule is C=CC(=C\C=C/N)/C(/C=C/c1ccccc1)=N/NC. The summed E-state index contributed by atoms with van der Waals surface area (Å²) >= 11 is 0. The van der Waals surface area contributed by atoms with Crippen molar-refractivity contribution in [3.63, 3.8) is 0 Å². The van der Waals surface area contributed by atoms with Gasteiger partial charge in [0.15, 0.2) is 0 Å². The van der Waals surface area contributed by atoms with Crippen LogP contribution in [0, 0.1) is 0 Å². The molecule has 0 unspecified atom stereocenters. The van der Waals surface area contributed by atoms with E-state index < -0.39 is 0 Å². The molecule has 0 atom stereocenters. The molecule has 0 heterocycles. The highest BCUT2D eigenvalue weighted by molar-refractivity contribution is 6.12. The number of allylic oxidation sites excluding steroid dienone is 5. The Balaban J connectivity index is 2.99. The van der Waals surface area contributed by atoms with Gasteiger partial charge in [-0.3, -0.25) is 0 Å². The van der Waals surface area contributed by atoms with Crippen molar-refractivity contribution in [3.8, 4) is 0 Å². The van der Waals surface area contributed by atoms with Crippen molar-refractivity contribution < 1.29 is 0 Å². The number of rotatable bonds is 6. The van der Waals surface area contributed by atoms with E-state index in [0.29, 0.717) is 0 Å². The van der Waals surface area contributed by atoms with E-state index in [4.69, 9.17) is 5.73 Å². The first-order valence-corrected chi connectivity index (χ1v) is 6.00. The van der Waals surface area contributed by atoms with Gasteiger partial charge in [-0.2, -0.15) is 5.10 Å². The third kappa shape index (κ3) is 5.08. The fourth-order valence-corrected chi connectivity index (χ4v) is 1.48. The van der Waals surface area contributed by atoms with Crippen LogP contribution in [-0.2, 0) is 0 Å². The first-order chi connectivity index (χ1) is 9.31. The van der Waals surface area contributed by atoms with Crippen LogP contribution in [0.5, 0.6) is 0 Å². The van der Waals surface area contributed by atoms with E-state index in [-0.39, 0.29) is 0 Å². The fraction of sp³-hybridized carbons (Fsp3) is 0.0625. The molecule has 3 nitrogen and oxygen atoms in total. The summed E-state index contributed by atoms with van der Waals surface area (Å²) in [6, 6.07) is 10.0. The van der Waals surface area contributed by atoms with Gasteiger partial charge in [-0.25, -0.2) is 0 Å². The molecule has 3 heteroatoms. The van der Waals surface area contributed by atoms with E-state index in [9.17, 15) is 0 Å². The van der Waals surface area contributed by atoms with E-state index in [0.717, 1.165) is 16.8 Å². The number of nitrogens with one attached hydrogen (secondary N) is 1. The molecular weight excluding hydrogens is 234 g/mol. The van der Waals surface area contributed by atoms with Crippen molar-refractivity contribution >= 4 is 11.8 Å². The molecule has 0 radical (unpaired) electrons. The average molecular weight is 253 g/mol. The summed E-state index contributed by atoms with van der Waals surface area (Å²) in [5.74, 6) is 0. The zero-order valence-corrected chi connectivity index (χ0v) is 11.1. The van der Waals surface area contributed by atoms with Gasteiger partial charge in [-0.15, -0.1) is 0 Å². The van der Waals surface area contributed by atoms with Crippen molar-refractivity contribution in [1.82, 2.24) is 5.43 Å². The van der Waals surface area contributed by atoms with E-state index >= 15 is 0 Å². The Morgan fingerprint density at radius 2 is 2.05 bits per heavy atom. The molecule has 0 fully saturated rings. The highest BCUT2D eigenvalue weighted by Crippen LogP contribution is 2.06. The maximum absolute atomic E-state index is 5.34. The molecule has 98 valence electrons. The molecule has 1 aromatic carbocycles. The minimum atomic E-state index is 0.791. The fourth-order valence-electron chi connectivity index (χ4n) is 1.48. The summed E-state index contributed by atoms with van der Waals surface area (Å²) in [4.78, 5) is 0. The predicted octanol–water partition coefficient (Wildman–Crippen LogP) is 2.86. The lowest BCUT2D eigenvalue weighted by atomic mass is 10.1. The lowest BCUT2D eigenvalue weighted by Crippen LogP contribution is -2.04. The second-order valence-corrected chi connectivity index (χ2v) is 3.68. The first-order valence-electron chi connectivity index (χ1n) is 6.00. The summed E-state index contributed by atoms with van der Waals surface area (Å²) in [6.45, 7) is 3.79. The second kappa shape index (κ2) is 8.53. The number of nitrogens with zero attached hydrogens (tertiary/aromatic N) is 1. The summed E-state index contributed by atoms with van der Waals surface area (Å²) < 4.78 is 0. The Kier molecular flexibility index (Phi) is 6.51. The first kappa shape index (κ1) is 14.5. The molecule has 0 aliphatic rings. The minimum Gasteiger partial charge on any atom is -0.405 e. The second-order valence-electron chi connectivity index (χ2n) is 3.68. The van der Waals surface area contributed by atoms with Crippen molar-refractivity contribution in [2.75, 3.05) is 7.05 Å². The molecule has 0 spiro atoms. The Hall–Kier alpha value is -2.55. The molecule has 0 aromatic heterocycles. The molecule has 0 bridgehead atoms. The summed E-state index contributed by atoms with van der Waals surface area (Å²) in [6.07, 6.45) is 10.8. The molecule has 3 N–H and O–H groups in total. The van der Waals surface area contributed by atoms with Crippen molar-refractivity contribution in [2.24, 2.45) is 10.8 Å². The standard InChI is InChI=1S/C16H19N3/c1-3-15(10-7-13-17)16(19-18-2)12-11-14-8-5-4-6-9-14/h3-13,18H,1,17H2,2H3/b12-11+,13-7-,15-10+,19-16+. The van der Waals surface area contributed by atoms with E-state index in [1.807, 2.05) is 48.6 Å². The quantitative estimate of drug-likeness (QED) is 0.465. The average Bonchev–Trinajstić information content (AvgIpc) is 2.46. The number of hydrogen-bond acceptors (Lipinski definition) is 3. The lowest BCUT2D eigenvalue weighted by molar-refractivity contribution is 0.903. The summed E-state index contributed by atoms with van der Waals surface area (Å²) in [7, 11) is 1.76. The maximum atomic E-state index is 5.34. The Morgan fingerprint density at radius 3 is 2.63 bits per heavy atom. The van der Waals surface area contributed by atoms with Crippen LogP contribution in [0.2, 0.25) is 0 Å². The highest BCUT2D eigenvalue weighted by Gasteiger charge is 1.98. The van der Waals surface area contributed by atoms with Crippen LogP contribution in [-0.4, -0.2) is 12.8 Å². The monoisotopic (exact) mass is 253 g/mol. The van der Waals surface area contributed by atoms with Gasteiger partial charge in [0.05, 0.1) is 5.71 Å². The summed E-state index contributed by atoms with van der Waals surface area (Å²) in [5.41, 5.74) is 10.9. The molecule has 19 heavy (non-hydrogen) atoms. The highest BCUT2D eigenvalue weighted by atomic mass is 15.3. The van der Waals surface area contributed by atoms with E-state index in [2.05, 4.69) is 17.1 Å². The van der Waals surface area contributed by atoms with Crippen LogP contribution in [0.25, 0.3) is 6.08 Å². The smallest absolute Gasteiger partial charge is 0.0901 e. The molecular formula is C16H19N3. The van der Waals surface area contributed by atoms with Crippen molar-refractivity contribution in [1.29, 1.82) is 0 Å². The summed E-state index contributed by atoms with van der Waals surface area (Å²) in [5, 5.41) is 4.23. The lowest BCUT2D eigenvalue weighted by Gasteiger charge is -2.02. The largest absolute Gasteiger partial charge is 0.405 e. The normalized spacial score (nSPS) is 13.1. The molecule has 0 saturated heterocycles. The van der Waals surface area contributed by atoms with Crippen LogP contribution >= 0.6 is 0 Å². The number of benzene rings is 1. The topological polar surface area (TPSA) is 50.4 Å². The zero-order chi connectivity index (χ0) is 13.9. The third-order valence-electron chi connectivity index (χ3n) is 2.37. The van der Waals surface area contributed by atoms with E-state index in [1.54, 1.807) is 19.2 Å². The number of nitrogens with two attached hydrogens (primary N) is 1. The van der Waals surface area contributed by atoms with Gasteiger partial charge in [0.25, 0.3) is 0 Å². The number of hydrogen-bond donors (Lipinski definition) is 2. The van der Waals surface area contributed by atoms with Crippen LogP contribution in [0.15, 0.2) is 78.1 Å². The van der Waals surface area contributed by atoms with Gasteiger partial charge in [0, 0.05) is 12.6 Å². The van der Waals surface area contributed by atoms with Crippen molar-refractivity contribution in [3.05, 3.63) is 78.6 Å². The molecule has 1 rings (SSSR count). The Labute approximate surface area is 114 Å². The van der Waals surface area contributed by atoms with Crippen LogP contribution < -0.4 is 11.2 Å². The van der Waals surface area contributed by atoms with Gasteiger partial charge >= 0.3 is 0 Å². The van der Waals surface area contributed by atoms with Crippen LogP contribution in [0.1, 0.15) is 5.56 Å². The third-order valence-corrected chi connectivity index (χ3v) is 2.37. The van der Waals surface area contributed by atoms with Gasteiger partial charge in [0.2, 0.25) is 0 Å². The Bertz CT molecular complexity index is 508. The number of hydrazone groups is 1. The predicted molar refractivity (Wildman–Crippen MR) is 83.6 cm³/mol. The Morgan fingerprint density at radius 1 is 1.32 bits per heavy atom. The van der Waals surface area contributed by atoms with Crippen LogP contribution in [0.4, 0.5) is 0 Å². The van der Waals surface area contributed by atoms with Gasteiger partial charge < -0.3 is 11.2 Å². The van der Waals surface area contributed by atoms with Gasteiger partial charge in [-0.05, 0) is 23.9 Å². The molecule has 1 aromatic rings. The maximum Gasteiger partial charge on any atom is 0.0901 e. The zero-order valence-electron chi connectivity index (χ0n) is 11.1. The van der Waals surface area contributed by atoms with E-state index in [1.165, 1.54) is 6.20 Å². The minimum absolute atomic E-state index is 0.791. The molecule has 0 aliphatic carbocycles. The van der Waals surface area contributed by atoms with Gasteiger partial charge in [-0.1, -0.05) is 55.1 Å². The van der Waals surface area contributed by atoms with Crippen molar-refractivity contribution in [2.45, 2.75) is 0 Å². The van der Waals surface area contributed by atoms with Gasteiger partial charge in [0.1, 0.15) is 0 Å².